The Morgan fingerprint density at radius 3 is 2.32 bits per heavy atom. The van der Waals surface area contributed by atoms with Gasteiger partial charge in [-0.25, -0.2) is 14.6 Å². The molecule has 1 aromatic heterocycles. The van der Waals surface area contributed by atoms with Crippen molar-refractivity contribution in [3.8, 4) is 0 Å². The predicted octanol–water partition coefficient (Wildman–Crippen LogP) is 3.62. The molecule has 0 spiro atoms. The third kappa shape index (κ3) is 5.34. The van der Waals surface area contributed by atoms with Gasteiger partial charge in [0.1, 0.15) is 5.15 Å². The minimum atomic E-state index is -1.03. The number of hydrogen-bond donors (Lipinski definition) is 2. The van der Waals surface area contributed by atoms with E-state index < -0.39 is 24.5 Å². The molecule has 0 aliphatic heterocycles. The molecule has 1 aliphatic carbocycles. The van der Waals surface area contributed by atoms with Crippen molar-refractivity contribution >= 4 is 64.3 Å². The van der Waals surface area contributed by atoms with E-state index in [2.05, 4.69) is 15.6 Å². The third-order valence-electron chi connectivity index (χ3n) is 3.46. The summed E-state index contributed by atoms with van der Waals surface area (Å²) < 4.78 is 4.75. The largest absolute Gasteiger partial charge is 0.451 e. The molecule has 136 valence electrons. The van der Waals surface area contributed by atoms with Crippen molar-refractivity contribution < 1.29 is 19.1 Å². The summed E-state index contributed by atoms with van der Waals surface area (Å²) in [6.07, 6.45) is 3.82. The SMILES string of the molecule is O=C(COC(=O)c1nc(Cl)c(Cl)c(Cl)c1Cl)NC(=O)NC1CCCC1. The molecule has 0 saturated heterocycles. The third-order valence-corrected chi connectivity index (χ3v) is 5.13. The van der Waals surface area contributed by atoms with Crippen LogP contribution in [0, 0.1) is 0 Å². The van der Waals surface area contributed by atoms with Gasteiger partial charge in [0, 0.05) is 6.04 Å². The molecule has 0 unspecified atom stereocenters. The number of urea groups is 1. The van der Waals surface area contributed by atoms with Crippen LogP contribution in [0.2, 0.25) is 20.2 Å². The number of pyridine rings is 1. The first kappa shape index (κ1) is 20.0. The molecule has 1 heterocycles. The molecule has 7 nitrogen and oxygen atoms in total. The number of amides is 3. The highest BCUT2D eigenvalue weighted by molar-refractivity contribution is 6.52. The average molecular weight is 429 g/mol. The Morgan fingerprint density at radius 1 is 1.04 bits per heavy atom. The molecule has 0 atom stereocenters. The molecule has 1 saturated carbocycles. The maximum atomic E-state index is 11.9. The maximum absolute atomic E-state index is 11.9. The summed E-state index contributed by atoms with van der Waals surface area (Å²) in [4.78, 5) is 38.9. The van der Waals surface area contributed by atoms with Crippen molar-refractivity contribution in [2.45, 2.75) is 31.7 Å². The normalized spacial score (nSPS) is 14.2. The first-order valence-electron chi connectivity index (χ1n) is 7.27. The lowest BCUT2D eigenvalue weighted by Gasteiger charge is -2.12. The van der Waals surface area contributed by atoms with Gasteiger partial charge in [-0.05, 0) is 12.8 Å². The van der Waals surface area contributed by atoms with Crippen molar-refractivity contribution in [1.29, 1.82) is 0 Å². The number of imide groups is 1. The fourth-order valence-corrected chi connectivity index (χ4v) is 3.08. The zero-order valence-electron chi connectivity index (χ0n) is 12.7. The van der Waals surface area contributed by atoms with Crippen LogP contribution < -0.4 is 10.6 Å². The summed E-state index contributed by atoms with van der Waals surface area (Å²) in [5, 5.41) is 3.99. The van der Waals surface area contributed by atoms with Crippen LogP contribution in [-0.2, 0) is 9.53 Å². The number of nitrogens with zero attached hydrogens (tertiary/aromatic N) is 1. The fraction of sp³-hybridized carbons (Fsp3) is 0.429. The summed E-state index contributed by atoms with van der Waals surface area (Å²) in [6.45, 7) is -0.702. The number of ether oxygens (including phenoxy) is 1. The number of carbonyl (C=O) groups is 3. The lowest BCUT2D eigenvalue weighted by atomic mass is 10.2. The lowest BCUT2D eigenvalue weighted by molar-refractivity contribution is -0.123. The number of esters is 1. The van der Waals surface area contributed by atoms with Crippen molar-refractivity contribution in [2.24, 2.45) is 0 Å². The molecule has 0 radical (unpaired) electrons. The Balaban J connectivity index is 1.87. The van der Waals surface area contributed by atoms with E-state index in [9.17, 15) is 14.4 Å². The number of aromatic nitrogens is 1. The van der Waals surface area contributed by atoms with Crippen LogP contribution in [0.15, 0.2) is 0 Å². The van der Waals surface area contributed by atoms with Gasteiger partial charge in [-0.2, -0.15) is 0 Å². The predicted molar refractivity (Wildman–Crippen MR) is 93.5 cm³/mol. The van der Waals surface area contributed by atoms with E-state index in [0.717, 1.165) is 25.7 Å². The van der Waals surface area contributed by atoms with Crippen LogP contribution in [0.1, 0.15) is 36.2 Å². The standard InChI is InChI=1S/C14H13Cl4N3O4/c15-8-9(16)11(21-12(18)10(8)17)13(23)25-5-7(22)20-14(24)19-6-3-1-2-4-6/h6H,1-5H2,(H2,19,20,22,24). The summed E-state index contributed by atoms with van der Waals surface area (Å²) in [7, 11) is 0. The number of halogens is 4. The zero-order chi connectivity index (χ0) is 18.6. The Bertz CT molecular complexity index is 708. The zero-order valence-corrected chi connectivity index (χ0v) is 15.7. The highest BCUT2D eigenvalue weighted by atomic mass is 35.5. The summed E-state index contributed by atoms with van der Waals surface area (Å²) in [5.41, 5.74) is -0.385. The van der Waals surface area contributed by atoms with E-state index in [1.165, 1.54) is 0 Å². The second kappa shape index (κ2) is 8.89. The van der Waals surface area contributed by atoms with Gasteiger partial charge < -0.3 is 10.1 Å². The number of carbonyl (C=O) groups excluding carboxylic acids is 3. The first-order valence-corrected chi connectivity index (χ1v) is 8.78. The van der Waals surface area contributed by atoms with Gasteiger partial charge in [0.15, 0.2) is 12.3 Å². The van der Waals surface area contributed by atoms with E-state index in [1.54, 1.807) is 0 Å². The smallest absolute Gasteiger partial charge is 0.359 e. The molecule has 2 rings (SSSR count). The molecule has 25 heavy (non-hydrogen) atoms. The highest BCUT2D eigenvalue weighted by Gasteiger charge is 2.23. The molecule has 3 amide bonds. The van der Waals surface area contributed by atoms with Gasteiger partial charge in [-0.1, -0.05) is 59.2 Å². The molecule has 0 aromatic carbocycles. The van der Waals surface area contributed by atoms with Gasteiger partial charge in [0.2, 0.25) is 0 Å². The van der Waals surface area contributed by atoms with Gasteiger partial charge in [-0.15, -0.1) is 0 Å². The molecule has 11 heteroatoms. The topological polar surface area (TPSA) is 97.4 Å². The second-order valence-electron chi connectivity index (χ2n) is 5.27. The lowest BCUT2D eigenvalue weighted by Crippen LogP contribution is -2.45. The Kier molecular flexibility index (Phi) is 7.13. The van der Waals surface area contributed by atoms with Crippen molar-refractivity contribution in [3.63, 3.8) is 0 Å². The molecule has 1 fully saturated rings. The van der Waals surface area contributed by atoms with Crippen molar-refractivity contribution in [1.82, 2.24) is 15.6 Å². The van der Waals surface area contributed by atoms with Gasteiger partial charge >= 0.3 is 12.0 Å². The van der Waals surface area contributed by atoms with Gasteiger partial charge in [0.25, 0.3) is 5.91 Å². The minimum absolute atomic E-state index is 0.0525. The monoisotopic (exact) mass is 427 g/mol. The van der Waals surface area contributed by atoms with Gasteiger partial charge in [0.05, 0.1) is 15.1 Å². The molecular formula is C14H13Cl4N3O4. The number of nitrogens with one attached hydrogen (secondary N) is 2. The van der Waals surface area contributed by atoms with Crippen LogP contribution in [-0.4, -0.2) is 35.5 Å². The summed E-state index contributed by atoms with van der Waals surface area (Å²) in [6, 6.07) is -0.585. The Morgan fingerprint density at radius 2 is 1.68 bits per heavy atom. The van der Waals surface area contributed by atoms with Crippen LogP contribution in [0.25, 0.3) is 0 Å². The Hall–Kier alpha value is -1.28. The van der Waals surface area contributed by atoms with Crippen LogP contribution in [0.4, 0.5) is 4.79 Å². The van der Waals surface area contributed by atoms with E-state index in [1.807, 2.05) is 0 Å². The molecule has 1 aliphatic rings. The van der Waals surface area contributed by atoms with Crippen molar-refractivity contribution in [2.75, 3.05) is 6.61 Å². The van der Waals surface area contributed by atoms with Crippen LogP contribution in [0.5, 0.6) is 0 Å². The van der Waals surface area contributed by atoms with Gasteiger partial charge in [-0.3, -0.25) is 10.1 Å². The number of rotatable bonds is 4. The van der Waals surface area contributed by atoms with E-state index in [-0.39, 0.29) is 32.0 Å². The first-order chi connectivity index (χ1) is 11.8. The Labute approximate surface area is 163 Å². The fourth-order valence-electron chi connectivity index (χ4n) is 2.28. The quantitative estimate of drug-likeness (QED) is 0.563. The maximum Gasteiger partial charge on any atom is 0.359 e. The molecular weight excluding hydrogens is 416 g/mol. The minimum Gasteiger partial charge on any atom is -0.451 e. The molecule has 2 N–H and O–H groups in total. The van der Waals surface area contributed by atoms with E-state index >= 15 is 0 Å². The van der Waals surface area contributed by atoms with Crippen LogP contribution >= 0.6 is 46.4 Å². The van der Waals surface area contributed by atoms with Crippen molar-refractivity contribution in [3.05, 3.63) is 25.9 Å². The average Bonchev–Trinajstić information content (AvgIpc) is 3.06. The van der Waals surface area contributed by atoms with E-state index in [4.69, 9.17) is 51.1 Å². The second-order valence-corrected chi connectivity index (χ2v) is 6.76. The molecule has 1 aromatic rings. The number of hydrogen-bond acceptors (Lipinski definition) is 5. The van der Waals surface area contributed by atoms with E-state index in [0.29, 0.717) is 0 Å². The highest BCUT2D eigenvalue weighted by Crippen LogP contribution is 2.36. The van der Waals surface area contributed by atoms with Crippen LogP contribution in [0.3, 0.4) is 0 Å². The summed E-state index contributed by atoms with van der Waals surface area (Å²) >= 11 is 23.1. The summed E-state index contributed by atoms with van der Waals surface area (Å²) in [5.74, 6) is -1.83. The molecule has 0 bridgehead atoms.